The predicted molar refractivity (Wildman–Crippen MR) is 87.2 cm³/mol. The number of aromatic nitrogens is 1. The highest BCUT2D eigenvalue weighted by Gasteiger charge is 2.29. The van der Waals surface area contributed by atoms with Gasteiger partial charge >= 0.3 is 0 Å². The maximum absolute atomic E-state index is 12.8. The fraction of sp³-hybridized carbons (Fsp3) is 0.714. The van der Waals surface area contributed by atoms with Gasteiger partial charge in [-0.3, -0.25) is 0 Å². The van der Waals surface area contributed by atoms with Crippen molar-refractivity contribution in [2.45, 2.75) is 44.1 Å². The molecule has 7 heteroatoms. The van der Waals surface area contributed by atoms with E-state index in [-0.39, 0.29) is 6.04 Å². The van der Waals surface area contributed by atoms with Gasteiger partial charge in [-0.25, -0.2) is 8.42 Å². The smallest absolute Gasteiger partial charge is 0.244 e. The fourth-order valence-corrected chi connectivity index (χ4v) is 4.47. The van der Waals surface area contributed by atoms with Crippen molar-refractivity contribution >= 4 is 21.6 Å². The Morgan fingerprint density at radius 1 is 1.33 bits per heavy atom. The summed E-state index contributed by atoms with van der Waals surface area (Å²) in [7, 11) is 0.391. The predicted octanol–water partition coefficient (Wildman–Crippen LogP) is 2.21. The van der Waals surface area contributed by atoms with Crippen LogP contribution in [0.3, 0.4) is 0 Å². The number of hydrogen-bond donors (Lipinski definition) is 0. The molecule has 1 rings (SSSR count). The quantitative estimate of drug-likeness (QED) is 0.684. The van der Waals surface area contributed by atoms with Gasteiger partial charge in [0.15, 0.2) is 0 Å². The van der Waals surface area contributed by atoms with Gasteiger partial charge < -0.3 is 9.47 Å². The largest absolute Gasteiger partial charge is 0.349 e. The van der Waals surface area contributed by atoms with E-state index in [1.54, 1.807) is 16.6 Å². The van der Waals surface area contributed by atoms with Crippen molar-refractivity contribution in [2.75, 3.05) is 27.2 Å². The lowest BCUT2D eigenvalue weighted by Crippen LogP contribution is -2.43. The molecule has 1 atom stereocenters. The summed E-state index contributed by atoms with van der Waals surface area (Å²) in [6, 6.07) is 1.59. The number of hydrogen-bond acceptors (Lipinski definition) is 3. The number of aryl methyl sites for hydroxylation is 1. The summed E-state index contributed by atoms with van der Waals surface area (Å²) in [5, 5.41) is 0. The van der Waals surface area contributed by atoms with E-state index in [1.165, 1.54) is 0 Å². The number of halogens is 1. The van der Waals surface area contributed by atoms with E-state index < -0.39 is 10.0 Å². The Labute approximate surface area is 133 Å². The van der Waals surface area contributed by atoms with Gasteiger partial charge in [0.25, 0.3) is 0 Å². The Kier molecular flexibility index (Phi) is 6.71. The van der Waals surface area contributed by atoms with Crippen LogP contribution in [0.1, 0.15) is 26.5 Å². The topological polar surface area (TPSA) is 45.6 Å². The van der Waals surface area contributed by atoms with Gasteiger partial charge in [0, 0.05) is 37.6 Å². The number of rotatable bonds is 8. The second-order valence-electron chi connectivity index (χ2n) is 5.41. The van der Waals surface area contributed by atoms with Gasteiger partial charge in [-0.15, -0.1) is 11.6 Å². The highest BCUT2D eigenvalue weighted by atomic mass is 35.5. The Morgan fingerprint density at radius 3 is 2.33 bits per heavy atom. The maximum atomic E-state index is 12.8. The molecule has 1 aromatic rings. The third-order valence-corrected chi connectivity index (χ3v) is 5.81. The fourth-order valence-electron chi connectivity index (χ4n) is 2.55. The van der Waals surface area contributed by atoms with Crippen molar-refractivity contribution in [1.82, 2.24) is 13.8 Å². The third kappa shape index (κ3) is 4.22. The number of sulfonamides is 1. The Bertz CT molecular complexity index is 533. The Hall–Kier alpha value is -0.560. The van der Waals surface area contributed by atoms with E-state index in [4.69, 9.17) is 11.6 Å². The van der Waals surface area contributed by atoms with E-state index >= 15 is 0 Å². The highest BCUT2D eigenvalue weighted by Crippen LogP contribution is 2.22. The first-order valence-corrected chi connectivity index (χ1v) is 9.16. The zero-order chi connectivity index (χ0) is 16.2. The molecular weight excluding hydrogens is 310 g/mol. The lowest BCUT2D eigenvalue weighted by molar-refractivity contribution is 0.271. The van der Waals surface area contributed by atoms with E-state index in [9.17, 15) is 8.42 Å². The van der Waals surface area contributed by atoms with Crippen LogP contribution in [0.4, 0.5) is 0 Å². The number of likely N-dealkylation sites (N-methyl/N-ethyl adjacent to an activating group) is 2. The summed E-state index contributed by atoms with van der Waals surface area (Å²) in [5.74, 6) is 0.308. The molecule has 5 nitrogen and oxygen atoms in total. The number of nitrogens with zero attached hydrogens (tertiary/aromatic N) is 3. The molecular formula is C14H26ClN3O2S. The van der Waals surface area contributed by atoms with Crippen molar-refractivity contribution in [3.63, 3.8) is 0 Å². The van der Waals surface area contributed by atoms with Crippen molar-refractivity contribution < 1.29 is 8.42 Å². The van der Waals surface area contributed by atoms with Crippen LogP contribution in [-0.4, -0.2) is 55.4 Å². The molecule has 0 aliphatic heterocycles. The molecule has 21 heavy (non-hydrogen) atoms. The van der Waals surface area contributed by atoms with Crippen LogP contribution >= 0.6 is 11.6 Å². The molecule has 1 heterocycles. The van der Waals surface area contributed by atoms with Crippen LogP contribution in [0.15, 0.2) is 17.2 Å². The summed E-state index contributed by atoms with van der Waals surface area (Å²) in [4.78, 5) is 2.32. The van der Waals surface area contributed by atoms with Crippen LogP contribution in [0, 0.1) is 0 Å². The zero-order valence-corrected chi connectivity index (χ0v) is 15.1. The van der Waals surface area contributed by atoms with Crippen molar-refractivity contribution in [2.24, 2.45) is 0 Å². The summed E-state index contributed by atoms with van der Waals surface area (Å²) >= 11 is 5.88. The van der Waals surface area contributed by atoms with Crippen LogP contribution < -0.4 is 0 Å². The molecule has 1 unspecified atom stereocenters. The first-order chi connectivity index (χ1) is 9.77. The molecule has 0 saturated heterocycles. The highest BCUT2D eigenvalue weighted by molar-refractivity contribution is 7.89. The van der Waals surface area contributed by atoms with Crippen molar-refractivity contribution in [3.05, 3.63) is 18.0 Å². The summed E-state index contributed by atoms with van der Waals surface area (Å²) < 4.78 is 29.1. The average molecular weight is 336 g/mol. The van der Waals surface area contributed by atoms with Crippen LogP contribution in [0.25, 0.3) is 0 Å². The average Bonchev–Trinajstić information content (AvgIpc) is 2.82. The minimum atomic E-state index is -3.49. The van der Waals surface area contributed by atoms with Gasteiger partial charge in [0.1, 0.15) is 4.90 Å². The second kappa shape index (κ2) is 7.63. The lowest BCUT2D eigenvalue weighted by atomic mass is 10.3. The van der Waals surface area contributed by atoms with E-state index in [0.717, 1.165) is 5.69 Å². The molecule has 0 saturated carbocycles. The van der Waals surface area contributed by atoms with Gasteiger partial charge in [-0.05, 0) is 34.0 Å². The van der Waals surface area contributed by atoms with Crippen LogP contribution in [-0.2, 0) is 22.4 Å². The third-order valence-electron chi connectivity index (χ3n) is 3.48. The number of alkyl halides is 1. The molecule has 1 aromatic heterocycles. The minimum Gasteiger partial charge on any atom is -0.349 e. The first-order valence-electron chi connectivity index (χ1n) is 7.19. The lowest BCUT2D eigenvalue weighted by Gasteiger charge is -2.28. The van der Waals surface area contributed by atoms with Gasteiger partial charge in [0.05, 0.1) is 5.88 Å². The van der Waals surface area contributed by atoms with E-state index in [0.29, 0.717) is 30.4 Å². The van der Waals surface area contributed by atoms with Gasteiger partial charge in [-0.2, -0.15) is 4.31 Å². The molecule has 0 aliphatic carbocycles. The molecule has 0 bridgehead atoms. The van der Waals surface area contributed by atoms with Gasteiger partial charge in [0.2, 0.25) is 10.0 Å². The van der Waals surface area contributed by atoms with E-state index in [1.807, 2.05) is 44.3 Å². The SMILES string of the molecule is CCN(C(C)CN(C)C)S(=O)(=O)c1cc(CCl)n(CC)c1. The van der Waals surface area contributed by atoms with Crippen LogP contribution in [0.2, 0.25) is 0 Å². The molecule has 0 aliphatic rings. The summed E-state index contributed by atoms with van der Waals surface area (Å²) in [6.45, 7) is 7.60. The van der Waals surface area contributed by atoms with Crippen molar-refractivity contribution in [3.8, 4) is 0 Å². The summed E-state index contributed by atoms with van der Waals surface area (Å²) in [5.41, 5.74) is 0.828. The van der Waals surface area contributed by atoms with Crippen molar-refractivity contribution in [1.29, 1.82) is 0 Å². The zero-order valence-electron chi connectivity index (χ0n) is 13.5. The molecule has 0 spiro atoms. The molecule has 0 fully saturated rings. The Balaban J connectivity index is 3.15. The monoisotopic (exact) mass is 335 g/mol. The molecule has 0 N–H and O–H groups in total. The Morgan fingerprint density at radius 2 is 1.95 bits per heavy atom. The second-order valence-corrected chi connectivity index (χ2v) is 7.56. The maximum Gasteiger partial charge on any atom is 0.244 e. The van der Waals surface area contributed by atoms with Crippen LogP contribution in [0.5, 0.6) is 0 Å². The molecule has 122 valence electrons. The molecule has 0 aromatic carbocycles. The molecule has 0 radical (unpaired) electrons. The normalized spacial score (nSPS) is 14.1. The summed E-state index contributed by atoms with van der Waals surface area (Å²) in [6.07, 6.45) is 1.68. The molecule has 0 amide bonds. The van der Waals surface area contributed by atoms with Gasteiger partial charge in [-0.1, -0.05) is 6.92 Å². The first kappa shape index (κ1) is 18.5. The standard InChI is InChI=1S/C14H26ClN3O2S/c1-6-17-11-14(8-13(17)9-15)21(19,20)18(7-2)12(3)10-16(4)5/h8,11-12H,6-7,9-10H2,1-5H3. The van der Waals surface area contributed by atoms with E-state index in [2.05, 4.69) is 0 Å². The minimum absolute atomic E-state index is 0.0839.